The molecule has 0 saturated carbocycles. The number of allylic oxidation sites excluding steroid dienone is 1. The number of unbranched alkanes of at least 4 members (excludes halogenated alkanes) is 1. The van der Waals surface area contributed by atoms with E-state index in [4.69, 9.17) is 4.74 Å². The van der Waals surface area contributed by atoms with Gasteiger partial charge in [-0.3, -0.25) is 0 Å². The van der Waals surface area contributed by atoms with Crippen molar-refractivity contribution in [2.24, 2.45) is 0 Å². The molecule has 0 aliphatic heterocycles. The Kier molecular flexibility index (Phi) is 10.5. The Morgan fingerprint density at radius 1 is 1.36 bits per heavy atom. The molecule has 0 rings (SSSR count). The van der Waals surface area contributed by atoms with Crippen LogP contribution in [0.4, 0.5) is 0 Å². The van der Waals surface area contributed by atoms with Gasteiger partial charge in [0.1, 0.15) is 0 Å². The van der Waals surface area contributed by atoms with Crippen LogP contribution < -0.4 is 5.32 Å². The third-order valence-electron chi connectivity index (χ3n) is 2.22. The van der Waals surface area contributed by atoms with Crippen LogP contribution >= 0.6 is 0 Å². The monoisotopic (exact) mass is 199 g/mol. The molecule has 0 atom stereocenters. The highest BCUT2D eigenvalue weighted by Gasteiger charge is 1.89. The third kappa shape index (κ3) is 9.75. The molecule has 84 valence electrons. The van der Waals surface area contributed by atoms with Gasteiger partial charge in [-0.2, -0.15) is 0 Å². The van der Waals surface area contributed by atoms with Gasteiger partial charge in [-0.25, -0.2) is 0 Å². The minimum atomic E-state index is 0.804. The standard InChI is InChI=1S/C12H25NO/c1-4-5-7-12(2)8-6-9-13-10-11-14-3/h8,13H,4-7,9-11H2,1-3H3. The average molecular weight is 199 g/mol. The second-order valence-electron chi connectivity index (χ2n) is 3.69. The molecule has 2 nitrogen and oxygen atoms in total. The van der Waals surface area contributed by atoms with Crippen molar-refractivity contribution in [3.05, 3.63) is 11.6 Å². The maximum atomic E-state index is 4.94. The van der Waals surface area contributed by atoms with Crippen LogP contribution in [-0.2, 0) is 4.74 Å². The molecule has 0 fully saturated rings. The maximum Gasteiger partial charge on any atom is 0.0587 e. The molecule has 0 radical (unpaired) electrons. The van der Waals surface area contributed by atoms with Gasteiger partial charge in [-0.05, 0) is 32.7 Å². The van der Waals surface area contributed by atoms with Crippen molar-refractivity contribution in [2.45, 2.75) is 39.5 Å². The molecule has 0 aromatic carbocycles. The molecule has 1 N–H and O–H groups in total. The first-order chi connectivity index (χ1) is 6.81. The Labute approximate surface area is 88.7 Å². The van der Waals surface area contributed by atoms with Crippen molar-refractivity contribution >= 4 is 0 Å². The van der Waals surface area contributed by atoms with Crippen molar-refractivity contribution in [1.29, 1.82) is 0 Å². The summed E-state index contributed by atoms with van der Waals surface area (Å²) in [5, 5.41) is 3.33. The number of hydrogen-bond donors (Lipinski definition) is 1. The third-order valence-corrected chi connectivity index (χ3v) is 2.22. The first kappa shape index (κ1) is 13.7. The predicted octanol–water partition coefficient (Wildman–Crippen LogP) is 2.75. The van der Waals surface area contributed by atoms with E-state index in [1.807, 2.05) is 0 Å². The van der Waals surface area contributed by atoms with Crippen molar-refractivity contribution in [2.75, 3.05) is 26.8 Å². The van der Waals surface area contributed by atoms with Crippen LogP contribution in [0.2, 0.25) is 0 Å². The van der Waals surface area contributed by atoms with Gasteiger partial charge in [-0.15, -0.1) is 0 Å². The zero-order valence-corrected chi connectivity index (χ0v) is 9.94. The van der Waals surface area contributed by atoms with E-state index in [0.717, 1.165) is 26.1 Å². The summed E-state index contributed by atoms with van der Waals surface area (Å²) in [4.78, 5) is 0. The van der Waals surface area contributed by atoms with Gasteiger partial charge in [0.2, 0.25) is 0 Å². The molecule has 0 amide bonds. The summed E-state index contributed by atoms with van der Waals surface area (Å²) in [5.41, 5.74) is 1.53. The van der Waals surface area contributed by atoms with Crippen molar-refractivity contribution in [3.63, 3.8) is 0 Å². The molecule has 0 bridgehead atoms. The minimum Gasteiger partial charge on any atom is -0.383 e. The predicted molar refractivity (Wildman–Crippen MR) is 62.6 cm³/mol. The summed E-state index contributed by atoms with van der Waals surface area (Å²) in [6, 6.07) is 0. The molecule has 0 spiro atoms. The number of rotatable bonds is 9. The fraction of sp³-hybridized carbons (Fsp3) is 0.833. The van der Waals surface area contributed by atoms with Crippen molar-refractivity contribution in [1.82, 2.24) is 5.32 Å². The van der Waals surface area contributed by atoms with Gasteiger partial charge in [0.15, 0.2) is 0 Å². The number of hydrogen-bond acceptors (Lipinski definition) is 2. The SMILES string of the molecule is CCCCC(C)=CCCNCCOC. The van der Waals surface area contributed by atoms with Gasteiger partial charge >= 0.3 is 0 Å². The van der Waals surface area contributed by atoms with Gasteiger partial charge in [0, 0.05) is 13.7 Å². The lowest BCUT2D eigenvalue weighted by Gasteiger charge is -2.02. The van der Waals surface area contributed by atoms with Gasteiger partial charge in [0.25, 0.3) is 0 Å². The zero-order valence-electron chi connectivity index (χ0n) is 9.94. The molecular weight excluding hydrogens is 174 g/mol. The van der Waals surface area contributed by atoms with Crippen LogP contribution in [0.15, 0.2) is 11.6 Å². The molecule has 0 aliphatic carbocycles. The quantitative estimate of drug-likeness (QED) is 0.455. The summed E-state index contributed by atoms with van der Waals surface area (Å²) in [7, 11) is 1.73. The lowest BCUT2D eigenvalue weighted by Crippen LogP contribution is -2.19. The van der Waals surface area contributed by atoms with Crippen molar-refractivity contribution < 1.29 is 4.74 Å². The van der Waals surface area contributed by atoms with Crippen LogP contribution in [0.25, 0.3) is 0 Å². The van der Waals surface area contributed by atoms with Crippen molar-refractivity contribution in [3.8, 4) is 0 Å². The van der Waals surface area contributed by atoms with E-state index >= 15 is 0 Å². The molecule has 0 heterocycles. The fourth-order valence-electron chi connectivity index (χ4n) is 1.28. The Balaban J connectivity index is 3.23. The second kappa shape index (κ2) is 10.7. The highest BCUT2D eigenvalue weighted by atomic mass is 16.5. The lowest BCUT2D eigenvalue weighted by molar-refractivity contribution is 0.199. The van der Waals surface area contributed by atoms with E-state index in [1.165, 1.54) is 24.8 Å². The Hall–Kier alpha value is -0.340. The Morgan fingerprint density at radius 3 is 2.79 bits per heavy atom. The molecule has 0 aliphatic rings. The van der Waals surface area contributed by atoms with Crippen LogP contribution in [0.1, 0.15) is 39.5 Å². The highest BCUT2D eigenvalue weighted by Crippen LogP contribution is 2.06. The highest BCUT2D eigenvalue weighted by molar-refractivity contribution is 4.97. The number of nitrogens with one attached hydrogen (secondary N) is 1. The normalized spacial score (nSPS) is 12.1. The average Bonchev–Trinajstić information content (AvgIpc) is 2.20. The first-order valence-corrected chi connectivity index (χ1v) is 5.66. The second-order valence-corrected chi connectivity index (χ2v) is 3.69. The summed E-state index contributed by atoms with van der Waals surface area (Å²) < 4.78 is 4.94. The maximum absolute atomic E-state index is 4.94. The van der Waals surface area contributed by atoms with Crippen LogP contribution in [0, 0.1) is 0 Å². The lowest BCUT2D eigenvalue weighted by atomic mass is 10.1. The number of methoxy groups -OCH3 is 1. The van der Waals surface area contributed by atoms with Gasteiger partial charge < -0.3 is 10.1 Å². The molecule has 14 heavy (non-hydrogen) atoms. The van der Waals surface area contributed by atoms with E-state index in [0.29, 0.717) is 0 Å². The minimum absolute atomic E-state index is 0.804. The Morgan fingerprint density at radius 2 is 2.14 bits per heavy atom. The summed E-state index contributed by atoms with van der Waals surface area (Å²) in [6.45, 7) is 7.29. The molecule has 0 aromatic heterocycles. The molecule has 0 unspecified atom stereocenters. The van der Waals surface area contributed by atoms with Crippen LogP contribution in [0.5, 0.6) is 0 Å². The van der Waals surface area contributed by atoms with E-state index in [2.05, 4.69) is 25.2 Å². The largest absolute Gasteiger partial charge is 0.383 e. The topological polar surface area (TPSA) is 21.3 Å². The number of ether oxygens (including phenoxy) is 1. The van der Waals surface area contributed by atoms with Crippen LogP contribution in [0.3, 0.4) is 0 Å². The smallest absolute Gasteiger partial charge is 0.0587 e. The Bertz CT molecular complexity index is 143. The van der Waals surface area contributed by atoms with Gasteiger partial charge in [-0.1, -0.05) is 25.0 Å². The van der Waals surface area contributed by atoms with E-state index in [1.54, 1.807) is 7.11 Å². The first-order valence-electron chi connectivity index (χ1n) is 5.66. The fourth-order valence-corrected chi connectivity index (χ4v) is 1.28. The van der Waals surface area contributed by atoms with E-state index in [-0.39, 0.29) is 0 Å². The molecular formula is C12H25NO. The summed E-state index contributed by atoms with van der Waals surface area (Å²) in [5.74, 6) is 0. The summed E-state index contributed by atoms with van der Waals surface area (Å²) in [6.07, 6.45) is 7.35. The van der Waals surface area contributed by atoms with E-state index in [9.17, 15) is 0 Å². The van der Waals surface area contributed by atoms with Gasteiger partial charge in [0.05, 0.1) is 6.61 Å². The molecule has 0 saturated heterocycles. The molecule has 2 heteroatoms. The van der Waals surface area contributed by atoms with E-state index < -0.39 is 0 Å². The molecule has 0 aromatic rings. The van der Waals surface area contributed by atoms with Crippen LogP contribution in [-0.4, -0.2) is 26.8 Å². The summed E-state index contributed by atoms with van der Waals surface area (Å²) >= 11 is 0. The zero-order chi connectivity index (χ0) is 10.6.